The van der Waals surface area contributed by atoms with E-state index in [1.54, 1.807) is 0 Å². The largest absolute Gasteiger partial charge is 0.469 e. The normalized spacial score (nSPS) is 35.5. The molecule has 124 valence electrons. The fourth-order valence-electron chi connectivity index (χ4n) is 3.40. The molecule has 2 saturated heterocycles. The van der Waals surface area contributed by atoms with Crippen molar-refractivity contribution in [2.45, 2.75) is 63.4 Å². The summed E-state index contributed by atoms with van der Waals surface area (Å²) in [4.78, 5) is 11.3. The highest BCUT2D eigenvalue weighted by atomic mass is 127. The van der Waals surface area contributed by atoms with E-state index in [1.807, 2.05) is 6.92 Å². The van der Waals surface area contributed by atoms with Crippen LogP contribution >= 0.6 is 22.6 Å². The van der Waals surface area contributed by atoms with Crippen molar-refractivity contribution in [2.24, 2.45) is 11.8 Å². The third kappa shape index (κ3) is 4.33. The smallest absolute Gasteiger partial charge is 0.305 e. The Bertz CT molecular complexity index is 425. The number of alkyl halides is 1. The first-order chi connectivity index (χ1) is 10.6. The third-order valence-electron chi connectivity index (χ3n) is 4.61. The molecule has 0 spiro atoms. The minimum atomic E-state index is -0.188. The first-order valence-corrected chi connectivity index (χ1v) is 9.44. The molecule has 0 amide bonds. The van der Waals surface area contributed by atoms with Crippen LogP contribution in [0.5, 0.6) is 0 Å². The highest BCUT2D eigenvalue weighted by Gasteiger charge is 2.47. The summed E-state index contributed by atoms with van der Waals surface area (Å²) in [5.41, 5.74) is 0. The van der Waals surface area contributed by atoms with Crippen LogP contribution in [0.2, 0.25) is 0 Å². The summed E-state index contributed by atoms with van der Waals surface area (Å²) >= 11 is 2.37. The van der Waals surface area contributed by atoms with Gasteiger partial charge in [-0.1, -0.05) is 22.6 Å². The first-order valence-electron chi connectivity index (χ1n) is 7.92. The average Bonchev–Trinajstić information content (AvgIpc) is 2.89. The molecule has 0 radical (unpaired) electrons. The molecule has 6 atom stereocenters. The molecule has 2 heterocycles. The highest BCUT2D eigenvalue weighted by Crippen LogP contribution is 2.40. The predicted molar refractivity (Wildman–Crippen MR) is 89.6 cm³/mol. The maximum atomic E-state index is 11.3. The summed E-state index contributed by atoms with van der Waals surface area (Å²) in [6.45, 7) is 1.94. The maximum absolute atomic E-state index is 11.3. The second kappa shape index (κ2) is 8.46. The van der Waals surface area contributed by atoms with Gasteiger partial charge in [-0.05, 0) is 32.6 Å². The number of rotatable bonds is 6. The Morgan fingerprint density at radius 2 is 2.23 bits per heavy atom. The monoisotopic (exact) mass is 421 g/mol. The lowest BCUT2D eigenvalue weighted by atomic mass is 9.89. The van der Waals surface area contributed by atoms with Gasteiger partial charge in [0.25, 0.3) is 0 Å². The zero-order chi connectivity index (χ0) is 16.1. The van der Waals surface area contributed by atoms with Gasteiger partial charge in [-0.2, -0.15) is 5.26 Å². The Hall–Kier alpha value is -0.390. The van der Waals surface area contributed by atoms with E-state index in [0.29, 0.717) is 18.8 Å². The standard InChI is InChI=1S/C16H24INO4/c1-10(9-18)7-11-3-4-14-16(21-11)12(8-17)13(22-14)5-6-15(19)20-2/h10-14,16H,3-8H2,1-2H3/t10-,11-,12-,13+,14+,16?/m1/s1. The molecule has 0 saturated carbocycles. The number of hydrogen-bond donors (Lipinski definition) is 0. The average molecular weight is 421 g/mol. The summed E-state index contributed by atoms with van der Waals surface area (Å²) in [5.74, 6) is 0.153. The lowest BCUT2D eigenvalue weighted by molar-refractivity contribution is -0.141. The van der Waals surface area contributed by atoms with E-state index in [-0.39, 0.29) is 36.3 Å². The molecular formula is C16H24INO4. The van der Waals surface area contributed by atoms with Crippen molar-refractivity contribution in [1.82, 2.24) is 0 Å². The molecule has 2 fully saturated rings. The van der Waals surface area contributed by atoms with Gasteiger partial charge in [0.05, 0.1) is 37.6 Å². The molecule has 0 N–H and O–H groups in total. The number of nitrogens with zero attached hydrogens (tertiary/aromatic N) is 1. The zero-order valence-corrected chi connectivity index (χ0v) is 15.3. The molecule has 2 aliphatic rings. The van der Waals surface area contributed by atoms with Gasteiger partial charge in [0, 0.05) is 22.7 Å². The van der Waals surface area contributed by atoms with E-state index in [1.165, 1.54) is 7.11 Å². The van der Waals surface area contributed by atoms with Crippen LogP contribution in [-0.2, 0) is 19.0 Å². The molecule has 5 nitrogen and oxygen atoms in total. The fourth-order valence-corrected chi connectivity index (χ4v) is 4.47. The van der Waals surface area contributed by atoms with Crippen LogP contribution in [0.25, 0.3) is 0 Å². The lowest BCUT2D eigenvalue weighted by Gasteiger charge is -2.34. The molecule has 0 aromatic carbocycles. The van der Waals surface area contributed by atoms with Gasteiger partial charge in [-0.15, -0.1) is 0 Å². The fraction of sp³-hybridized carbons (Fsp3) is 0.875. The Labute approximate surface area is 145 Å². The Morgan fingerprint density at radius 3 is 2.86 bits per heavy atom. The second-order valence-corrected chi connectivity index (χ2v) is 7.09. The molecule has 1 unspecified atom stereocenters. The van der Waals surface area contributed by atoms with Gasteiger partial charge >= 0.3 is 5.97 Å². The van der Waals surface area contributed by atoms with E-state index in [2.05, 4.69) is 28.7 Å². The molecule has 2 aliphatic heterocycles. The number of nitriles is 1. The summed E-state index contributed by atoms with van der Waals surface area (Å²) in [7, 11) is 1.41. The number of carbonyl (C=O) groups excluding carboxylic acids is 1. The molecule has 6 heteroatoms. The number of carbonyl (C=O) groups is 1. The summed E-state index contributed by atoms with van der Waals surface area (Å²) in [5, 5.41) is 8.96. The number of halogens is 1. The minimum absolute atomic E-state index is 0.0250. The van der Waals surface area contributed by atoms with Crippen molar-refractivity contribution in [3.05, 3.63) is 0 Å². The van der Waals surface area contributed by atoms with Crippen molar-refractivity contribution in [3.63, 3.8) is 0 Å². The van der Waals surface area contributed by atoms with Gasteiger partial charge in [-0.25, -0.2) is 0 Å². The molecule has 0 aromatic heterocycles. The van der Waals surface area contributed by atoms with Crippen LogP contribution in [0.1, 0.15) is 39.0 Å². The summed E-state index contributed by atoms with van der Waals surface area (Å²) in [6, 6.07) is 2.28. The van der Waals surface area contributed by atoms with Crippen LogP contribution in [0.3, 0.4) is 0 Å². The van der Waals surface area contributed by atoms with Gasteiger partial charge < -0.3 is 14.2 Å². The third-order valence-corrected chi connectivity index (χ3v) is 5.63. The second-order valence-electron chi connectivity index (χ2n) is 6.21. The molecule has 0 aliphatic carbocycles. The van der Waals surface area contributed by atoms with E-state index < -0.39 is 0 Å². The SMILES string of the molecule is COC(=O)CC[C@@H]1O[C@H]2CC[C@H](C[C@@H](C)C#N)OC2[C@@H]1CI. The predicted octanol–water partition coefficient (Wildman–Crippen LogP) is 2.86. The highest BCUT2D eigenvalue weighted by molar-refractivity contribution is 14.1. The molecular weight excluding hydrogens is 397 g/mol. The van der Waals surface area contributed by atoms with Crippen molar-refractivity contribution in [3.8, 4) is 6.07 Å². The van der Waals surface area contributed by atoms with Gasteiger partial charge in [-0.3, -0.25) is 4.79 Å². The van der Waals surface area contributed by atoms with Crippen molar-refractivity contribution in [2.75, 3.05) is 11.5 Å². The van der Waals surface area contributed by atoms with E-state index in [4.69, 9.17) is 19.5 Å². The minimum Gasteiger partial charge on any atom is -0.469 e. The van der Waals surface area contributed by atoms with Gasteiger partial charge in [0.2, 0.25) is 0 Å². The lowest BCUT2D eigenvalue weighted by Crippen LogP contribution is -2.40. The number of fused-ring (bicyclic) bond motifs is 1. The van der Waals surface area contributed by atoms with Crippen LogP contribution in [-0.4, -0.2) is 41.9 Å². The van der Waals surface area contributed by atoms with Crippen LogP contribution < -0.4 is 0 Å². The number of methoxy groups -OCH3 is 1. The van der Waals surface area contributed by atoms with Gasteiger partial charge in [0.1, 0.15) is 0 Å². The van der Waals surface area contributed by atoms with E-state index in [9.17, 15) is 4.79 Å². The first kappa shape index (κ1) is 18.0. The van der Waals surface area contributed by atoms with Crippen molar-refractivity contribution < 1.29 is 19.0 Å². The maximum Gasteiger partial charge on any atom is 0.305 e. The van der Waals surface area contributed by atoms with Gasteiger partial charge in [0.15, 0.2) is 0 Å². The molecule has 0 aromatic rings. The van der Waals surface area contributed by atoms with Crippen LogP contribution in [0.15, 0.2) is 0 Å². The van der Waals surface area contributed by atoms with Crippen LogP contribution in [0.4, 0.5) is 0 Å². The van der Waals surface area contributed by atoms with Crippen molar-refractivity contribution >= 4 is 28.6 Å². The summed E-state index contributed by atoms with van der Waals surface area (Å²) in [6.07, 6.45) is 4.27. The Balaban J connectivity index is 1.92. The number of esters is 1. The molecule has 0 bridgehead atoms. The van der Waals surface area contributed by atoms with Crippen LogP contribution in [0, 0.1) is 23.2 Å². The van der Waals surface area contributed by atoms with E-state index >= 15 is 0 Å². The molecule has 2 rings (SSSR count). The van der Waals surface area contributed by atoms with E-state index in [0.717, 1.165) is 23.7 Å². The number of hydrogen-bond acceptors (Lipinski definition) is 5. The molecule has 22 heavy (non-hydrogen) atoms. The van der Waals surface area contributed by atoms with Crippen molar-refractivity contribution in [1.29, 1.82) is 5.26 Å². The number of ether oxygens (including phenoxy) is 3. The Morgan fingerprint density at radius 1 is 1.45 bits per heavy atom. The zero-order valence-electron chi connectivity index (χ0n) is 13.2. The quantitative estimate of drug-likeness (QED) is 0.375. The topological polar surface area (TPSA) is 68.5 Å². The summed E-state index contributed by atoms with van der Waals surface area (Å²) < 4.78 is 18.1. The Kier molecular flexibility index (Phi) is 6.90.